The Morgan fingerprint density at radius 3 is 3.05 bits per heavy atom. The van der Waals surface area contributed by atoms with Crippen molar-refractivity contribution in [2.75, 3.05) is 13.6 Å². The summed E-state index contributed by atoms with van der Waals surface area (Å²) < 4.78 is 2.19. The van der Waals surface area contributed by atoms with Crippen LogP contribution in [0.2, 0.25) is 0 Å². The fraction of sp³-hybridized carbons (Fsp3) is 0.750. The minimum Gasteiger partial charge on any atom is -0.389 e. The fourth-order valence-electron chi connectivity index (χ4n) is 3.69. The van der Waals surface area contributed by atoms with Gasteiger partial charge >= 0.3 is 0 Å². The molecule has 116 valence electrons. The second-order valence-electron chi connectivity index (χ2n) is 6.78. The first kappa shape index (κ1) is 14.6. The van der Waals surface area contributed by atoms with Gasteiger partial charge in [-0.3, -0.25) is 4.79 Å². The first-order valence-electron chi connectivity index (χ1n) is 8.02. The number of aromatic nitrogens is 2. The summed E-state index contributed by atoms with van der Waals surface area (Å²) in [5, 5.41) is 10.4. The van der Waals surface area contributed by atoms with Crippen LogP contribution in [0.15, 0.2) is 12.4 Å². The number of carbonyl (C=O) groups is 1. The van der Waals surface area contributed by atoms with Crippen molar-refractivity contribution in [2.24, 2.45) is 5.92 Å². The molecule has 2 heterocycles. The SMILES string of the molecule is CN(C[C@@H]1CCn2ccnc2C1)C(=O)CC1(O)CCCC1. The van der Waals surface area contributed by atoms with Crippen molar-refractivity contribution >= 4 is 5.91 Å². The maximum atomic E-state index is 12.3. The molecule has 1 amide bonds. The lowest BCUT2D eigenvalue weighted by atomic mass is 9.95. The van der Waals surface area contributed by atoms with Crippen molar-refractivity contribution in [2.45, 2.75) is 57.1 Å². The van der Waals surface area contributed by atoms with Crippen LogP contribution < -0.4 is 0 Å². The van der Waals surface area contributed by atoms with E-state index in [1.54, 1.807) is 4.90 Å². The van der Waals surface area contributed by atoms with Crippen LogP contribution in [0.1, 0.15) is 44.3 Å². The van der Waals surface area contributed by atoms with Gasteiger partial charge in [-0.1, -0.05) is 12.8 Å². The molecule has 5 nitrogen and oxygen atoms in total. The van der Waals surface area contributed by atoms with E-state index in [1.807, 2.05) is 19.4 Å². The Bertz CT molecular complexity index is 505. The van der Waals surface area contributed by atoms with Gasteiger partial charge in [-0.05, 0) is 25.2 Å². The standard InChI is InChI=1S/C16H25N3O2/c1-18(15(20)11-16(21)5-2-3-6-16)12-13-4-8-19-9-7-17-14(19)10-13/h7,9,13,21H,2-6,8,10-12H2,1H3/t13-/m1/s1. The zero-order valence-corrected chi connectivity index (χ0v) is 12.8. The topological polar surface area (TPSA) is 58.4 Å². The molecule has 5 heteroatoms. The molecule has 3 rings (SSSR count). The van der Waals surface area contributed by atoms with E-state index >= 15 is 0 Å². The molecular formula is C16H25N3O2. The lowest BCUT2D eigenvalue weighted by Crippen LogP contribution is -2.39. The Labute approximate surface area is 126 Å². The van der Waals surface area contributed by atoms with E-state index in [2.05, 4.69) is 9.55 Å². The average Bonchev–Trinajstić information content (AvgIpc) is 3.07. The lowest BCUT2D eigenvalue weighted by Gasteiger charge is -2.30. The number of aliphatic hydroxyl groups is 1. The molecule has 1 atom stereocenters. The van der Waals surface area contributed by atoms with Gasteiger partial charge in [0.2, 0.25) is 5.91 Å². The molecule has 1 saturated carbocycles. The number of hydrogen-bond donors (Lipinski definition) is 1. The highest BCUT2D eigenvalue weighted by Crippen LogP contribution is 2.32. The van der Waals surface area contributed by atoms with Crippen LogP contribution in [0.3, 0.4) is 0 Å². The molecule has 1 aromatic heterocycles. The molecule has 1 aliphatic heterocycles. The van der Waals surface area contributed by atoms with Crippen molar-refractivity contribution in [3.8, 4) is 0 Å². The molecule has 1 aromatic rings. The maximum absolute atomic E-state index is 12.3. The van der Waals surface area contributed by atoms with Gasteiger partial charge in [0.25, 0.3) is 0 Å². The lowest BCUT2D eigenvalue weighted by molar-refractivity contribution is -0.135. The third-order valence-electron chi connectivity index (χ3n) is 5.02. The summed E-state index contributed by atoms with van der Waals surface area (Å²) in [4.78, 5) is 18.5. The van der Waals surface area contributed by atoms with Gasteiger partial charge in [0, 0.05) is 39.0 Å². The Balaban J connectivity index is 1.52. The van der Waals surface area contributed by atoms with E-state index in [9.17, 15) is 9.90 Å². The van der Waals surface area contributed by atoms with Crippen LogP contribution in [-0.4, -0.2) is 44.7 Å². The van der Waals surface area contributed by atoms with E-state index in [0.717, 1.165) is 57.4 Å². The normalized spacial score (nSPS) is 23.8. The van der Waals surface area contributed by atoms with Crippen molar-refractivity contribution in [1.82, 2.24) is 14.5 Å². The molecule has 0 saturated heterocycles. The van der Waals surface area contributed by atoms with E-state index in [1.165, 1.54) is 0 Å². The molecule has 0 bridgehead atoms. The Morgan fingerprint density at radius 1 is 1.52 bits per heavy atom. The number of carbonyl (C=O) groups excluding carboxylic acids is 1. The predicted molar refractivity (Wildman–Crippen MR) is 79.7 cm³/mol. The summed E-state index contributed by atoms with van der Waals surface area (Å²) in [5.74, 6) is 1.68. The number of imidazole rings is 1. The van der Waals surface area contributed by atoms with Gasteiger partial charge in [-0.2, -0.15) is 0 Å². The fourth-order valence-corrected chi connectivity index (χ4v) is 3.69. The van der Waals surface area contributed by atoms with E-state index in [0.29, 0.717) is 5.92 Å². The highest BCUT2D eigenvalue weighted by Gasteiger charge is 2.34. The molecule has 1 fully saturated rings. The summed E-state index contributed by atoms with van der Waals surface area (Å²) in [6.45, 7) is 1.76. The minimum atomic E-state index is -0.742. The second-order valence-corrected chi connectivity index (χ2v) is 6.78. The number of hydrogen-bond acceptors (Lipinski definition) is 3. The Morgan fingerprint density at radius 2 is 2.29 bits per heavy atom. The summed E-state index contributed by atoms with van der Waals surface area (Å²) in [6, 6.07) is 0. The van der Waals surface area contributed by atoms with E-state index in [4.69, 9.17) is 0 Å². The third-order valence-corrected chi connectivity index (χ3v) is 5.02. The van der Waals surface area contributed by atoms with Gasteiger partial charge in [-0.25, -0.2) is 4.98 Å². The molecule has 0 aromatic carbocycles. The molecule has 0 spiro atoms. The van der Waals surface area contributed by atoms with Gasteiger partial charge in [0.05, 0.1) is 12.0 Å². The molecule has 21 heavy (non-hydrogen) atoms. The van der Waals surface area contributed by atoms with Crippen LogP contribution in [0.25, 0.3) is 0 Å². The summed E-state index contributed by atoms with van der Waals surface area (Å²) in [5.41, 5.74) is -0.742. The van der Waals surface area contributed by atoms with Crippen molar-refractivity contribution < 1.29 is 9.90 Å². The molecule has 0 unspecified atom stereocenters. The maximum Gasteiger partial charge on any atom is 0.225 e. The highest BCUT2D eigenvalue weighted by molar-refractivity contribution is 5.77. The zero-order valence-electron chi connectivity index (χ0n) is 12.8. The first-order valence-corrected chi connectivity index (χ1v) is 8.02. The van der Waals surface area contributed by atoms with Crippen LogP contribution >= 0.6 is 0 Å². The molecule has 0 radical (unpaired) electrons. The third kappa shape index (κ3) is 3.28. The average molecular weight is 291 g/mol. The monoisotopic (exact) mass is 291 g/mol. The van der Waals surface area contributed by atoms with Crippen molar-refractivity contribution in [3.63, 3.8) is 0 Å². The Hall–Kier alpha value is -1.36. The molecule has 1 N–H and O–H groups in total. The molecule has 1 aliphatic carbocycles. The summed E-state index contributed by atoms with van der Waals surface area (Å²) >= 11 is 0. The first-order chi connectivity index (χ1) is 10.1. The van der Waals surface area contributed by atoms with E-state index < -0.39 is 5.60 Å². The number of nitrogens with zero attached hydrogens (tertiary/aromatic N) is 3. The Kier molecular flexibility index (Phi) is 4.02. The van der Waals surface area contributed by atoms with Gasteiger partial charge in [-0.15, -0.1) is 0 Å². The van der Waals surface area contributed by atoms with Crippen LogP contribution in [0, 0.1) is 5.92 Å². The van der Waals surface area contributed by atoms with Gasteiger partial charge in [0.15, 0.2) is 0 Å². The van der Waals surface area contributed by atoms with Crippen LogP contribution in [0.5, 0.6) is 0 Å². The number of rotatable bonds is 4. The largest absolute Gasteiger partial charge is 0.389 e. The van der Waals surface area contributed by atoms with Crippen molar-refractivity contribution in [1.29, 1.82) is 0 Å². The minimum absolute atomic E-state index is 0.0771. The zero-order chi connectivity index (χ0) is 14.9. The number of amides is 1. The van der Waals surface area contributed by atoms with Crippen LogP contribution in [-0.2, 0) is 17.8 Å². The van der Waals surface area contributed by atoms with Gasteiger partial charge < -0.3 is 14.6 Å². The quantitative estimate of drug-likeness (QED) is 0.916. The van der Waals surface area contributed by atoms with Crippen LogP contribution in [0.4, 0.5) is 0 Å². The molecular weight excluding hydrogens is 266 g/mol. The second kappa shape index (κ2) is 5.79. The number of aryl methyl sites for hydroxylation is 1. The smallest absolute Gasteiger partial charge is 0.225 e. The summed E-state index contributed by atoms with van der Waals surface area (Å²) in [7, 11) is 1.86. The van der Waals surface area contributed by atoms with E-state index in [-0.39, 0.29) is 12.3 Å². The summed E-state index contributed by atoms with van der Waals surface area (Å²) in [6.07, 6.45) is 9.81. The van der Waals surface area contributed by atoms with Gasteiger partial charge in [0.1, 0.15) is 5.82 Å². The predicted octanol–water partition coefficient (Wildman–Crippen LogP) is 1.60. The highest BCUT2D eigenvalue weighted by atomic mass is 16.3. The number of fused-ring (bicyclic) bond motifs is 1. The molecule has 2 aliphatic rings. The van der Waals surface area contributed by atoms with Crippen molar-refractivity contribution in [3.05, 3.63) is 18.2 Å².